The fourth-order valence-corrected chi connectivity index (χ4v) is 4.86. The number of rotatable bonds is 8. The normalized spacial score (nSPS) is 11.5. The summed E-state index contributed by atoms with van der Waals surface area (Å²) in [6.45, 7) is 0. The van der Waals surface area contributed by atoms with Crippen LogP contribution in [0.4, 0.5) is 35.3 Å². The van der Waals surface area contributed by atoms with Crippen LogP contribution in [-0.2, 0) is 20.9 Å². The summed E-state index contributed by atoms with van der Waals surface area (Å²) >= 11 is 0.137. The third kappa shape index (κ3) is 6.56. The van der Waals surface area contributed by atoms with E-state index < -0.39 is 75.9 Å². The summed E-state index contributed by atoms with van der Waals surface area (Å²) in [5.74, 6) is -1.55. The average Bonchev–Trinajstić information content (AvgIpc) is 3.28. The van der Waals surface area contributed by atoms with E-state index in [0.717, 1.165) is 19.2 Å². The minimum atomic E-state index is -5.12. The van der Waals surface area contributed by atoms with E-state index in [-0.39, 0.29) is 29.5 Å². The molecular weight excluding hydrogens is 579 g/mol. The van der Waals surface area contributed by atoms with Crippen molar-refractivity contribution < 1.29 is 45.8 Å². The van der Waals surface area contributed by atoms with Crippen LogP contribution in [0.1, 0.15) is 15.9 Å². The molecule has 0 spiro atoms. The van der Waals surface area contributed by atoms with Gasteiger partial charge in [-0.05, 0) is 23.9 Å². The Morgan fingerprint density at radius 1 is 1.10 bits per heavy atom. The highest BCUT2D eigenvalue weighted by atomic mass is 32.2. The van der Waals surface area contributed by atoms with E-state index in [1.165, 1.54) is 12.1 Å². The number of nitro groups is 2. The smallest absolute Gasteiger partial charge is 0.416 e. The van der Waals surface area contributed by atoms with Crippen molar-refractivity contribution in [3.05, 3.63) is 67.8 Å². The van der Waals surface area contributed by atoms with E-state index in [9.17, 15) is 51.4 Å². The van der Waals surface area contributed by atoms with Gasteiger partial charge >= 0.3 is 18.2 Å². The molecular formula is C18H12F3N7O9S2. The van der Waals surface area contributed by atoms with Crippen LogP contribution < -0.4 is 10.0 Å². The minimum Gasteiger partial charge on any atom is -0.465 e. The van der Waals surface area contributed by atoms with Crippen molar-refractivity contribution in [1.29, 1.82) is 0 Å². The van der Waals surface area contributed by atoms with Crippen LogP contribution in [0.3, 0.4) is 0 Å². The molecule has 16 nitrogen and oxygen atoms in total. The first-order valence-corrected chi connectivity index (χ1v) is 12.1. The molecule has 0 saturated carbocycles. The number of ether oxygens (including phenoxy) is 1. The molecule has 3 N–H and O–H groups in total. The van der Waals surface area contributed by atoms with Gasteiger partial charge in [0.05, 0.1) is 28.1 Å². The number of nitro benzene ring substituents is 2. The Kier molecular flexibility index (Phi) is 8.05. The zero-order valence-corrected chi connectivity index (χ0v) is 20.5. The van der Waals surface area contributed by atoms with Gasteiger partial charge in [0.2, 0.25) is 11.1 Å². The topological polar surface area (TPSA) is 229 Å². The number of aromatic nitrogens is 3. The van der Waals surface area contributed by atoms with Gasteiger partial charge in [-0.1, -0.05) is 12.1 Å². The summed E-state index contributed by atoms with van der Waals surface area (Å²) in [7, 11) is -3.61. The van der Waals surface area contributed by atoms with Crippen LogP contribution in [0.5, 0.6) is 0 Å². The Bertz CT molecular complexity index is 1560. The number of nitrogens with zero attached hydrogens (tertiary/aromatic N) is 4. The summed E-state index contributed by atoms with van der Waals surface area (Å²) in [6, 6.07) is 3.58. The van der Waals surface area contributed by atoms with Crippen LogP contribution in [-0.4, -0.2) is 52.6 Å². The van der Waals surface area contributed by atoms with Gasteiger partial charge in [0.1, 0.15) is 4.90 Å². The van der Waals surface area contributed by atoms with Gasteiger partial charge in [0, 0.05) is 12.1 Å². The highest BCUT2D eigenvalue weighted by Crippen LogP contribution is 2.44. The predicted octanol–water partition coefficient (Wildman–Crippen LogP) is 3.09. The second-order valence-corrected chi connectivity index (χ2v) is 9.60. The summed E-state index contributed by atoms with van der Waals surface area (Å²) in [4.78, 5) is 46.5. The van der Waals surface area contributed by atoms with Crippen molar-refractivity contribution in [2.45, 2.75) is 21.1 Å². The number of H-pyrrole nitrogens is 1. The lowest BCUT2D eigenvalue weighted by Gasteiger charge is -2.10. The highest BCUT2D eigenvalue weighted by molar-refractivity contribution is 7.99. The Morgan fingerprint density at radius 3 is 2.23 bits per heavy atom. The monoisotopic (exact) mass is 591 g/mol. The average molecular weight is 591 g/mol. The fourth-order valence-electron chi connectivity index (χ4n) is 2.87. The lowest BCUT2D eigenvalue weighted by atomic mass is 10.1. The van der Waals surface area contributed by atoms with E-state index in [4.69, 9.17) is 0 Å². The van der Waals surface area contributed by atoms with Crippen molar-refractivity contribution >= 4 is 51.1 Å². The molecule has 0 aliphatic heterocycles. The first kappa shape index (κ1) is 28.8. The zero-order valence-electron chi connectivity index (χ0n) is 18.9. The molecule has 0 atom stereocenters. The molecule has 0 bridgehead atoms. The second kappa shape index (κ2) is 10.9. The molecule has 0 unspecified atom stereocenters. The van der Waals surface area contributed by atoms with E-state index in [1.54, 1.807) is 4.72 Å². The SMILES string of the molecule is COC(=O)c1ccccc1S(=O)(=O)NC(=O)Nc1nc(Sc2c([N+](=O)[O-])cc(C(F)(F)F)cc2[N+](=O)[O-])n[nH]1. The number of aromatic amines is 1. The fraction of sp³-hybridized carbons (Fsp3) is 0.111. The van der Waals surface area contributed by atoms with Gasteiger partial charge in [-0.2, -0.15) is 18.2 Å². The van der Waals surface area contributed by atoms with Gasteiger partial charge in [-0.25, -0.2) is 27.8 Å². The molecule has 2 amide bonds. The van der Waals surface area contributed by atoms with E-state index in [0.29, 0.717) is 0 Å². The van der Waals surface area contributed by atoms with Crippen molar-refractivity contribution in [3.63, 3.8) is 0 Å². The predicted molar refractivity (Wildman–Crippen MR) is 122 cm³/mol. The molecule has 21 heteroatoms. The molecule has 0 saturated heterocycles. The first-order valence-electron chi connectivity index (χ1n) is 9.79. The van der Waals surface area contributed by atoms with E-state index in [2.05, 4.69) is 19.9 Å². The van der Waals surface area contributed by atoms with Crippen LogP contribution >= 0.6 is 11.8 Å². The molecule has 1 heterocycles. The number of amides is 2. The highest BCUT2D eigenvalue weighted by Gasteiger charge is 2.38. The molecule has 2 aromatic carbocycles. The maximum Gasteiger partial charge on any atom is 0.416 e. The summed E-state index contributed by atoms with van der Waals surface area (Å²) < 4.78 is 70.5. The number of esters is 1. The number of urea groups is 1. The molecule has 3 rings (SSSR count). The standard InChI is InChI=1S/C18H12F3N7O9S2/c1-37-14(29)9-4-2-3-5-12(9)39(35,36)26-16(30)22-15-23-17(25-24-15)38-13-10(27(31)32)6-8(18(19,20)21)7-11(13)28(33)34/h2-7H,1H3,(H3,22,23,24,25,26,30). The Hall–Kier alpha value is -4.79. The van der Waals surface area contributed by atoms with Crippen LogP contribution in [0.2, 0.25) is 0 Å². The van der Waals surface area contributed by atoms with Crippen LogP contribution in [0.25, 0.3) is 0 Å². The number of alkyl halides is 3. The number of nitrogens with one attached hydrogen (secondary N) is 3. The minimum absolute atomic E-state index is 0.103. The van der Waals surface area contributed by atoms with Crippen LogP contribution in [0.15, 0.2) is 51.3 Å². The maximum atomic E-state index is 13.1. The molecule has 3 aromatic rings. The molecule has 0 radical (unpaired) electrons. The number of methoxy groups -OCH3 is 1. The Labute approximate surface area is 218 Å². The third-order valence-electron chi connectivity index (χ3n) is 4.47. The quantitative estimate of drug-likeness (QED) is 0.195. The lowest BCUT2D eigenvalue weighted by molar-refractivity contribution is -0.400. The second-order valence-electron chi connectivity index (χ2n) is 6.97. The Morgan fingerprint density at radius 2 is 1.69 bits per heavy atom. The van der Waals surface area contributed by atoms with Gasteiger partial charge in [-0.15, -0.1) is 5.10 Å². The summed E-state index contributed by atoms with van der Waals surface area (Å²) in [6.07, 6.45) is -5.12. The van der Waals surface area contributed by atoms with Crippen molar-refractivity contribution in [3.8, 4) is 0 Å². The number of benzene rings is 2. The molecule has 206 valence electrons. The number of carbonyl (C=O) groups is 2. The number of halogens is 3. The Balaban J connectivity index is 1.84. The van der Waals surface area contributed by atoms with Gasteiger partial charge in [0.15, 0.2) is 4.90 Å². The molecule has 0 aliphatic rings. The van der Waals surface area contributed by atoms with Crippen LogP contribution in [0, 0.1) is 20.2 Å². The molecule has 1 aromatic heterocycles. The number of hydrogen-bond acceptors (Lipinski definition) is 12. The van der Waals surface area contributed by atoms with Gasteiger partial charge in [-0.3, -0.25) is 25.5 Å². The lowest BCUT2D eigenvalue weighted by Crippen LogP contribution is -2.35. The van der Waals surface area contributed by atoms with Crippen molar-refractivity contribution in [2.24, 2.45) is 0 Å². The number of anilines is 1. The van der Waals surface area contributed by atoms with Gasteiger partial charge in [0.25, 0.3) is 21.4 Å². The molecule has 0 aliphatic carbocycles. The van der Waals surface area contributed by atoms with E-state index >= 15 is 0 Å². The number of hydrogen-bond donors (Lipinski definition) is 3. The zero-order chi connectivity index (χ0) is 29.1. The largest absolute Gasteiger partial charge is 0.465 e. The third-order valence-corrected chi connectivity index (χ3v) is 6.85. The number of carbonyl (C=O) groups excluding carboxylic acids is 2. The first-order chi connectivity index (χ1) is 18.1. The maximum absolute atomic E-state index is 13.1. The summed E-state index contributed by atoms with van der Waals surface area (Å²) in [5.41, 5.74) is -4.52. The van der Waals surface area contributed by atoms with Gasteiger partial charge < -0.3 is 4.74 Å². The molecule has 0 fully saturated rings. The summed E-state index contributed by atoms with van der Waals surface area (Å²) in [5, 5.41) is 29.8. The number of sulfonamides is 1. The van der Waals surface area contributed by atoms with E-state index in [1.807, 2.05) is 5.32 Å². The van der Waals surface area contributed by atoms with Crippen molar-refractivity contribution in [2.75, 3.05) is 12.4 Å². The van der Waals surface area contributed by atoms with Crippen molar-refractivity contribution in [1.82, 2.24) is 19.9 Å². The molecule has 39 heavy (non-hydrogen) atoms.